The Morgan fingerprint density at radius 1 is 1.20 bits per heavy atom. The van der Waals surface area contributed by atoms with E-state index in [1.807, 2.05) is 42.5 Å². The predicted octanol–water partition coefficient (Wildman–Crippen LogP) is 3.11. The lowest BCUT2D eigenvalue weighted by atomic mass is 10.0. The number of nitrogens with zero attached hydrogens (tertiary/aromatic N) is 3. The summed E-state index contributed by atoms with van der Waals surface area (Å²) in [4.78, 5) is 15.3. The molecule has 5 heteroatoms. The summed E-state index contributed by atoms with van der Waals surface area (Å²) in [5, 5.41) is 9.21. The van der Waals surface area contributed by atoms with Crippen molar-refractivity contribution in [3.05, 3.63) is 65.7 Å². The largest absolute Gasteiger partial charge is 0.351 e. The van der Waals surface area contributed by atoms with Crippen LogP contribution in [0.25, 0.3) is 0 Å². The molecule has 0 radical (unpaired) electrons. The van der Waals surface area contributed by atoms with Crippen LogP contribution in [0.3, 0.4) is 0 Å². The second kappa shape index (κ2) is 7.71. The molecule has 0 bridgehead atoms. The summed E-state index contributed by atoms with van der Waals surface area (Å²) < 4.78 is 0. The Kier molecular flexibility index (Phi) is 5.20. The molecule has 1 saturated heterocycles. The van der Waals surface area contributed by atoms with Gasteiger partial charge in [-0.25, -0.2) is 4.79 Å². The maximum atomic E-state index is 12.0. The van der Waals surface area contributed by atoms with Crippen LogP contribution in [-0.2, 0) is 6.42 Å². The molecule has 25 heavy (non-hydrogen) atoms. The molecule has 0 spiro atoms. The third kappa shape index (κ3) is 4.10. The standard InChI is InChI=1S/C20H22N4O/c21-15-23-11-5-10-19(23)14-24(20(22)25)18-9-4-8-17(13-18)12-16-6-2-1-3-7-16/h1-4,6-9,13,19H,5,10-12,14H2,(H2,22,25). The van der Waals surface area contributed by atoms with Crippen LogP contribution in [0.2, 0.25) is 0 Å². The van der Waals surface area contributed by atoms with Gasteiger partial charge >= 0.3 is 6.03 Å². The van der Waals surface area contributed by atoms with Crippen molar-refractivity contribution in [2.75, 3.05) is 18.0 Å². The first-order valence-electron chi connectivity index (χ1n) is 8.53. The SMILES string of the molecule is N#CN1CCCC1CN(C(N)=O)c1cccc(Cc2ccccc2)c1. The fourth-order valence-corrected chi connectivity index (χ4v) is 3.36. The molecule has 1 atom stereocenters. The lowest BCUT2D eigenvalue weighted by Gasteiger charge is -2.27. The van der Waals surface area contributed by atoms with Gasteiger partial charge in [0.05, 0.1) is 6.04 Å². The molecule has 5 nitrogen and oxygen atoms in total. The Balaban J connectivity index is 1.79. The highest BCUT2D eigenvalue weighted by Crippen LogP contribution is 2.23. The molecule has 1 fully saturated rings. The molecule has 128 valence electrons. The zero-order chi connectivity index (χ0) is 17.6. The average Bonchev–Trinajstić information content (AvgIpc) is 3.08. The smallest absolute Gasteiger partial charge is 0.319 e. The van der Waals surface area contributed by atoms with E-state index in [1.54, 1.807) is 9.80 Å². The number of benzene rings is 2. The first-order chi connectivity index (χ1) is 12.2. The van der Waals surface area contributed by atoms with Crippen LogP contribution in [0.1, 0.15) is 24.0 Å². The normalized spacial score (nSPS) is 16.4. The van der Waals surface area contributed by atoms with Gasteiger partial charge in [-0.1, -0.05) is 42.5 Å². The zero-order valence-electron chi connectivity index (χ0n) is 14.1. The predicted molar refractivity (Wildman–Crippen MR) is 98.0 cm³/mol. The molecule has 2 aromatic rings. The highest BCUT2D eigenvalue weighted by molar-refractivity contribution is 5.90. The number of hydrogen-bond donors (Lipinski definition) is 1. The van der Waals surface area contributed by atoms with Gasteiger partial charge in [0.15, 0.2) is 6.19 Å². The molecule has 0 aliphatic carbocycles. The molecular weight excluding hydrogens is 312 g/mol. The number of carbonyl (C=O) groups is 1. The van der Waals surface area contributed by atoms with E-state index >= 15 is 0 Å². The van der Waals surface area contributed by atoms with Crippen LogP contribution in [0.5, 0.6) is 0 Å². The number of nitriles is 1. The highest BCUT2D eigenvalue weighted by atomic mass is 16.2. The number of carbonyl (C=O) groups excluding carboxylic acids is 1. The van der Waals surface area contributed by atoms with Gasteiger partial charge in [-0.3, -0.25) is 4.90 Å². The first kappa shape index (κ1) is 16.8. The van der Waals surface area contributed by atoms with Gasteiger partial charge in [0.1, 0.15) is 0 Å². The van der Waals surface area contributed by atoms with Crippen molar-refractivity contribution in [2.24, 2.45) is 5.73 Å². The summed E-state index contributed by atoms with van der Waals surface area (Å²) in [6, 6.07) is 17.6. The number of primary amides is 1. The van der Waals surface area contributed by atoms with Crippen molar-refractivity contribution >= 4 is 11.7 Å². The number of likely N-dealkylation sites (tertiary alicyclic amines) is 1. The van der Waals surface area contributed by atoms with Gasteiger partial charge in [0.2, 0.25) is 0 Å². The van der Waals surface area contributed by atoms with Crippen LogP contribution in [0.4, 0.5) is 10.5 Å². The van der Waals surface area contributed by atoms with Gasteiger partial charge in [0.25, 0.3) is 0 Å². The fourth-order valence-electron chi connectivity index (χ4n) is 3.36. The summed E-state index contributed by atoms with van der Waals surface area (Å²) in [7, 11) is 0. The molecule has 0 saturated carbocycles. The Morgan fingerprint density at radius 3 is 2.68 bits per heavy atom. The van der Waals surface area contributed by atoms with Crippen LogP contribution >= 0.6 is 0 Å². The van der Waals surface area contributed by atoms with Crippen LogP contribution in [-0.4, -0.2) is 30.1 Å². The second-order valence-electron chi connectivity index (χ2n) is 6.37. The molecular formula is C20H22N4O. The molecule has 1 heterocycles. The van der Waals surface area contributed by atoms with Crippen molar-refractivity contribution in [3.63, 3.8) is 0 Å². The van der Waals surface area contributed by atoms with E-state index < -0.39 is 6.03 Å². The van der Waals surface area contributed by atoms with Crippen LogP contribution < -0.4 is 10.6 Å². The average molecular weight is 334 g/mol. The Morgan fingerprint density at radius 2 is 1.96 bits per heavy atom. The Labute approximate surface area is 148 Å². The first-order valence-corrected chi connectivity index (χ1v) is 8.53. The van der Waals surface area contributed by atoms with E-state index in [4.69, 9.17) is 5.73 Å². The van der Waals surface area contributed by atoms with E-state index in [9.17, 15) is 10.1 Å². The molecule has 0 aromatic heterocycles. The van der Waals surface area contributed by atoms with Crippen molar-refractivity contribution in [3.8, 4) is 6.19 Å². The number of urea groups is 1. The number of amides is 2. The van der Waals surface area contributed by atoms with E-state index in [2.05, 4.69) is 18.3 Å². The topological polar surface area (TPSA) is 73.4 Å². The van der Waals surface area contributed by atoms with Crippen molar-refractivity contribution in [1.29, 1.82) is 5.26 Å². The quantitative estimate of drug-likeness (QED) is 0.854. The molecule has 1 unspecified atom stereocenters. The van der Waals surface area contributed by atoms with Gasteiger partial charge in [-0.2, -0.15) is 5.26 Å². The molecule has 2 N–H and O–H groups in total. The number of hydrogen-bond acceptors (Lipinski definition) is 3. The van der Waals surface area contributed by atoms with Crippen molar-refractivity contribution in [1.82, 2.24) is 4.90 Å². The van der Waals surface area contributed by atoms with Gasteiger partial charge in [-0.05, 0) is 42.5 Å². The minimum absolute atomic E-state index is 0.0373. The van der Waals surface area contributed by atoms with Gasteiger partial charge in [-0.15, -0.1) is 0 Å². The van der Waals surface area contributed by atoms with E-state index in [0.29, 0.717) is 6.54 Å². The van der Waals surface area contributed by atoms with E-state index in [-0.39, 0.29) is 6.04 Å². The summed E-state index contributed by atoms with van der Waals surface area (Å²) in [5.74, 6) is 0. The highest BCUT2D eigenvalue weighted by Gasteiger charge is 2.27. The third-order valence-corrected chi connectivity index (χ3v) is 4.64. The minimum atomic E-state index is -0.485. The monoisotopic (exact) mass is 334 g/mol. The maximum absolute atomic E-state index is 12.0. The summed E-state index contributed by atoms with van der Waals surface area (Å²) in [5.41, 5.74) is 8.75. The minimum Gasteiger partial charge on any atom is -0.351 e. The molecule has 2 aromatic carbocycles. The molecule has 3 rings (SSSR count). The Bertz CT molecular complexity index is 769. The summed E-state index contributed by atoms with van der Waals surface area (Å²) >= 11 is 0. The zero-order valence-corrected chi connectivity index (χ0v) is 14.1. The number of anilines is 1. The van der Waals surface area contributed by atoms with Crippen molar-refractivity contribution in [2.45, 2.75) is 25.3 Å². The van der Waals surface area contributed by atoms with Crippen LogP contribution in [0, 0.1) is 11.5 Å². The van der Waals surface area contributed by atoms with Crippen molar-refractivity contribution < 1.29 is 4.79 Å². The Hall–Kier alpha value is -3.00. The lowest BCUT2D eigenvalue weighted by molar-refractivity contribution is 0.251. The summed E-state index contributed by atoms with van der Waals surface area (Å²) in [6.07, 6.45) is 4.88. The number of rotatable bonds is 5. The third-order valence-electron chi connectivity index (χ3n) is 4.64. The lowest BCUT2D eigenvalue weighted by Crippen LogP contribution is -2.44. The molecule has 1 aliphatic heterocycles. The van der Waals surface area contributed by atoms with Gasteiger partial charge in [0, 0.05) is 18.8 Å². The van der Waals surface area contributed by atoms with E-state index in [0.717, 1.165) is 37.1 Å². The van der Waals surface area contributed by atoms with Crippen LogP contribution in [0.15, 0.2) is 54.6 Å². The molecule has 2 amide bonds. The maximum Gasteiger partial charge on any atom is 0.319 e. The fraction of sp³-hybridized carbons (Fsp3) is 0.300. The second-order valence-corrected chi connectivity index (χ2v) is 6.37. The molecule has 1 aliphatic rings. The number of nitrogens with two attached hydrogens (primary N) is 1. The van der Waals surface area contributed by atoms with Gasteiger partial charge < -0.3 is 10.6 Å². The summed E-state index contributed by atoms with van der Waals surface area (Å²) in [6.45, 7) is 1.19. The van der Waals surface area contributed by atoms with E-state index in [1.165, 1.54) is 5.56 Å².